The zero-order chi connectivity index (χ0) is 9.68. The van der Waals surface area contributed by atoms with Crippen LogP contribution in [-0.2, 0) is 5.75 Å². The predicted octanol–water partition coefficient (Wildman–Crippen LogP) is 1.15. The number of rotatable bonds is 3. The van der Waals surface area contributed by atoms with Crippen LogP contribution in [-0.4, -0.2) is 12.2 Å². The fourth-order valence-corrected chi connectivity index (χ4v) is 1.57. The molecule has 1 rings (SSSR count). The van der Waals surface area contributed by atoms with Crippen molar-refractivity contribution in [3.63, 3.8) is 0 Å². The van der Waals surface area contributed by atoms with Crippen LogP contribution in [0.4, 0.5) is 0 Å². The lowest BCUT2D eigenvalue weighted by Gasteiger charge is -2.02. The van der Waals surface area contributed by atoms with Crippen molar-refractivity contribution in [1.29, 1.82) is 0 Å². The first-order valence-corrected chi connectivity index (χ1v) is 5.26. The molecule has 0 atom stereocenters. The molecule has 70 valence electrons. The Bertz CT molecular complexity index is 301. The van der Waals surface area contributed by atoms with Crippen molar-refractivity contribution in [3.05, 3.63) is 35.4 Å². The van der Waals surface area contributed by atoms with Crippen molar-refractivity contribution in [3.8, 4) is 0 Å². The molecule has 0 aliphatic rings. The van der Waals surface area contributed by atoms with E-state index in [0.29, 0.717) is 5.56 Å². The van der Waals surface area contributed by atoms with E-state index >= 15 is 0 Å². The van der Waals surface area contributed by atoms with Gasteiger partial charge in [0, 0.05) is 11.3 Å². The largest absolute Gasteiger partial charge is 0.290 e. The van der Waals surface area contributed by atoms with Gasteiger partial charge in [0.2, 0.25) is 0 Å². The Morgan fingerprint density at radius 2 is 2.38 bits per heavy atom. The summed E-state index contributed by atoms with van der Waals surface area (Å²) in [5, 5.41) is 0. The maximum Gasteiger partial charge on any atom is 0.265 e. The second-order valence-corrected chi connectivity index (χ2v) is 3.47. The van der Waals surface area contributed by atoms with Gasteiger partial charge in [-0.2, -0.15) is 11.8 Å². The monoisotopic (exact) mass is 196 g/mol. The molecule has 0 fully saturated rings. The molecule has 0 saturated carbocycles. The van der Waals surface area contributed by atoms with Crippen molar-refractivity contribution in [2.45, 2.75) is 5.75 Å². The summed E-state index contributed by atoms with van der Waals surface area (Å²) >= 11 is 1.72. The molecule has 0 radical (unpaired) electrons. The Kier molecular flexibility index (Phi) is 3.79. The molecule has 1 amide bonds. The third-order valence-corrected chi connectivity index (χ3v) is 2.25. The van der Waals surface area contributed by atoms with Gasteiger partial charge >= 0.3 is 0 Å². The van der Waals surface area contributed by atoms with Gasteiger partial charge in [0.1, 0.15) is 0 Å². The Morgan fingerprint density at radius 3 is 3.00 bits per heavy atom. The highest BCUT2D eigenvalue weighted by Crippen LogP contribution is 2.10. The van der Waals surface area contributed by atoms with Crippen molar-refractivity contribution in [2.24, 2.45) is 5.84 Å². The summed E-state index contributed by atoms with van der Waals surface area (Å²) in [6, 6.07) is 7.44. The number of hydrogen-bond donors (Lipinski definition) is 2. The maximum absolute atomic E-state index is 11.1. The van der Waals surface area contributed by atoms with Gasteiger partial charge in [0.05, 0.1) is 0 Å². The van der Waals surface area contributed by atoms with Crippen LogP contribution in [0.1, 0.15) is 15.9 Å². The van der Waals surface area contributed by atoms with Crippen LogP contribution in [0, 0.1) is 0 Å². The summed E-state index contributed by atoms with van der Waals surface area (Å²) in [5.74, 6) is 5.68. The maximum atomic E-state index is 11.1. The first kappa shape index (κ1) is 10.1. The molecule has 0 heterocycles. The van der Waals surface area contributed by atoms with Crippen LogP contribution in [0.2, 0.25) is 0 Å². The molecular weight excluding hydrogens is 184 g/mol. The minimum atomic E-state index is -0.247. The first-order valence-electron chi connectivity index (χ1n) is 3.86. The molecule has 3 N–H and O–H groups in total. The molecule has 0 bridgehead atoms. The first-order chi connectivity index (χ1) is 6.27. The second-order valence-electron chi connectivity index (χ2n) is 2.61. The lowest BCUT2D eigenvalue weighted by molar-refractivity contribution is 0.0953. The summed E-state index contributed by atoms with van der Waals surface area (Å²) in [7, 11) is 0. The molecule has 0 unspecified atom stereocenters. The van der Waals surface area contributed by atoms with E-state index in [1.165, 1.54) is 0 Å². The number of carbonyl (C=O) groups is 1. The van der Waals surface area contributed by atoms with Gasteiger partial charge in [-0.05, 0) is 24.0 Å². The van der Waals surface area contributed by atoms with Crippen molar-refractivity contribution in [1.82, 2.24) is 5.43 Å². The molecule has 4 heteroatoms. The molecular formula is C9H12N2OS. The summed E-state index contributed by atoms with van der Waals surface area (Å²) < 4.78 is 0. The molecule has 1 aromatic rings. The van der Waals surface area contributed by atoms with Crippen LogP contribution in [0.25, 0.3) is 0 Å². The van der Waals surface area contributed by atoms with Gasteiger partial charge in [-0.1, -0.05) is 12.1 Å². The van der Waals surface area contributed by atoms with E-state index in [0.717, 1.165) is 11.3 Å². The van der Waals surface area contributed by atoms with E-state index in [9.17, 15) is 4.79 Å². The van der Waals surface area contributed by atoms with Crippen LogP contribution in [0.15, 0.2) is 24.3 Å². The van der Waals surface area contributed by atoms with Crippen molar-refractivity contribution < 1.29 is 4.79 Å². The van der Waals surface area contributed by atoms with E-state index in [1.807, 2.05) is 24.5 Å². The van der Waals surface area contributed by atoms with E-state index < -0.39 is 0 Å². The highest BCUT2D eigenvalue weighted by molar-refractivity contribution is 7.97. The molecule has 0 spiro atoms. The molecule has 3 nitrogen and oxygen atoms in total. The lowest BCUT2D eigenvalue weighted by atomic mass is 10.1. The molecule has 0 saturated heterocycles. The van der Waals surface area contributed by atoms with Gasteiger partial charge in [0.15, 0.2) is 0 Å². The van der Waals surface area contributed by atoms with E-state index in [4.69, 9.17) is 5.84 Å². The summed E-state index contributed by atoms with van der Waals surface area (Å²) in [4.78, 5) is 11.1. The summed E-state index contributed by atoms with van der Waals surface area (Å²) in [6.45, 7) is 0. The van der Waals surface area contributed by atoms with Crippen molar-refractivity contribution in [2.75, 3.05) is 6.26 Å². The van der Waals surface area contributed by atoms with Gasteiger partial charge in [-0.3, -0.25) is 10.2 Å². The van der Waals surface area contributed by atoms with Crippen LogP contribution >= 0.6 is 11.8 Å². The Labute approximate surface area is 81.7 Å². The normalized spacial score (nSPS) is 9.69. The van der Waals surface area contributed by atoms with Crippen LogP contribution < -0.4 is 11.3 Å². The number of thioether (sulfide) groups is 1. The smallest absolute Gasteiger partial charge is 0.265 e. The zero-order valence-corrected chi connectivity index (χ0v) is 8.23. The number of nitrogens with one attached hydrogen (secondary N) is 1. The quantitative estimate of drug-likeness (QED) is 0.433. The van der Waals surface area contributed by atoms with Gasteiger partial charge < -0.3 is 0 Å². The number of benzene rings is 1. The lowest BCUT2D eigenvalue weighted by Crippen LogP contribution is -2.29. The molecule has 13 heavy (non-hydrogen) atoms. The van der Waals surface area contributed by atoms with Gasteiger partial charge in [-0.25, -0.2) is 5.84 Å². The Morgan fingerprint density at radius 1 is 1.62 bits per heavy atom. The highest BCUT2D eigenvalue weighted by Gasteiger charge is 2.02. The third kappa shape index (κ3) is 2.75. The fourth-order valence-electron chi connectivity index (χ4n) is 1.05. The minimum Gasteiger partial charge on any atom is -0.290 e. The van der Waals surface area contributed by atoms with Crippen molar-refractivity contribution >= 4 is 17.7 Å². The number of nitrogen functional groups attached to an aromatic ring is 1. The van der Waals surface area contributed by atoms with E-state index in [1.54, 1.807) is 17.8 Å². The molecule has 0 aromatic heterocycles. The van der Waals surface area contributed by atoms with Gasteiger partial charge in [-0.15, -0.1) is 0 Å². The molecule has 0 aliphatic heterocycles. The standard InChI is InChI=1S/C9H12N2OS/c1-13-6-7-3-2-4-8(5-7)9(12)11-10/h2-5H,6,10H2,1H3,(H,11,12). The molecule has 0 aliphatic carbocycles. The summed E-state index contributed by atoms with van der Waals surface area (Å²) in [5.41, 5.74) is 3.84. The summed E-state index contributed by atoms with van der Waals surface area (Å²) in [6.07, 6.45) is 2.02. The average Bonchev–Trinajstić information content (AvgIpc) is 2.18. The number of hydrogen-bond acceptors (Lipinski definition) is 3. The Hall–Kier alpha value is -1.00. The van der Waals surface area contributed by atoms with Crippen LogP contribution in [0.3, 0.4) is 0 Å². The number of nitrogens with two attached hydrogens (primary N) is 1. The minimum absolute atomic E-state index is 0.247. The molecule has 1 aromatic carbocycles. The third-order valence-electron chi connectivity index (χ3n) is 1.63. The fraction of sp³-hybridized carbons (Fsp3) is 0.222. The van der Waals surface area contributed by atoms with Crippen LogP contribution in [0.5, 0.6) is 0 Å². The zero-order valence-electron chi connectivity index (χ0n) is 7.41. The number of hydrazine groups is 1. The van der Waals surface area contributed by atoms with Gasteiger partial charge in [0.25, 0.3) is 5.91 Å². The topological polar surface area (TPSA) is 55.1 Å². The highest BCUT2D eigenvalue weighted by atomic mass is 32.2. The van der Waals surface area contributed by atoms with E-state index in [-0.39, 0.29) is 5.91 Å². The predicted molar refractivity (Wildman–Crippen MR) is 55.3 cm³/mol. The SMILES string of the molecule is CSCc1cccc(C(=O)NN)c1. The second kappa shape index (κ2) is 4.89. The van der Waals surface area contributed by atoms with E-state index in [2.05, 4.69) is 5.43 Å². The average molecular weight is 196 g/mol. The Balaban J connectivity index is 2.85. The number of amides is 1. The number of carbonyl (C=O) groups excluding carboxylic acids is 1.